The highest BCUT2D eigenvalue weighted by Crippen LogP contribution is 2.18. The summed E-state index contributed by atoms with van der Waals surface area (Å²) in [5, 5.41) is 10.2. The fraction of sp³-hybridized carbons (Fsp3) is 0.667. The maximum absolute atomic E-state index is 11.9. The molecule has 0 aliphatic heterocycles. The molecule has 0 spiro atoms. The number of aryl methyl sites for hydroxylation is 1. The second-order valence-corrected chi connectivity index (χ2v) is 5.74. The van der Waals surface area contributed by atoms with E-state index in [0.29, 0.717) is 11.2 Å². The number of nitrogens with zero attached hydrogens (tertiary/aromatic N) is 3. The zero-order chi connectivity index (χ0) is 14.5. The summed E-state index contributed by atoms with van der Waals surface area (Å²) in [4.78, 5) is 29.1. The number of amides is 2. The molecule has 0 unspecified atom stereocenters. The van der Waals surface area contributed by atoms with Crippen LogP contribution in [0.5, 0.6) is 0 Å². The van der Waals surface area contributed by atoms with Gasteiger partial charge < -0.3 is 10.2 Å². The number of H-pyrrole nitrogens is 1. The van der Waals surface area contributed by atoms with Crippen LogP contribution in [-0.2, 0) is 16.0 Å². The van der Waals surface area contributed by atoms with Crippen LogP contribution in [0.2, 0.25) is 0 Å². The lowest BCUT2D eigenvalue weighted by molar-refractivity contribution is -0.132. The molecule has 2 amide bonds. The molecule has 0 aromatic carbocycles. The predicted molar refractivity (Wildman–Crippen MR) is 75.3 cm³/mol. The van der Waals surface area contributed by atoms with Crippen LogP contribution in [0.15, 0.2) is 5.16 Å². The van der Waals surface area contributed by atoms with Crippen molar-refractivity contribution in [1.29, 1.82) is 0 Å². The van der Waals surface area contributed by atoms with E-state index in [-0.39, 0.29) is 24.1 Å². The number of aromatic amines is 1. The van der Waals surface area contributed by atoms with Crippen molar-refractivity contribution in [3.05, 3.63) is 5.82 Å². The van der Waals surface area contributed by atoms with Crippen molar-refractivity contribution in [3.8, 4) is 0 Å². The molecule has 1 aromatic rings. The second kappa shape index (κ2) is 6.74. The highest BCUT2D eigenvalue weighted by atomic mass is 32.2. The van der Waals surface area contributed by atoms with E-state index in [2.05, 4.69) is 20.5 Å². The van der Waals surface area contributed by atoms with Gasteiger partial charge >= 0.3 is 0 Å². The van der Waals surface area contributed by atoms with Gasteiger partial charge in [0.25, 0.3) is 0 Å². The van der Waals surface area contributed by atoms with E-state index in [4.69, 9.17) is 0 Å². The minimum atomic E-state index is -0.108. The summed E-state index contributed by atoms with van der Waals surface area (Å²) in [5.41, 5.74) is 0. The molecule has 2 N–H and O–H groups in total. The van der Waals surface area contributed by atoms with Gasteiger partial charge in [0, 0.05) is 19.5 Å². The monoisotopic (exact) mass is 297 g/mol. The van der Waals surface area contributed by atoms with Crippen LogP contribution in [0.4, 0.5) is 0 Å². The average molecular weight is 297 g/mol. The highest BCUT2D eigenvalue weighted by molar-refractivity contribution is 7.99. The zero-order valence-corrected chi connectivity index (χ0v) is 12.5. The number of carbonyl (C=O) groups excluding carboxylic acids is 2. The Labute approximate surface area is 121 Å². The van der Waals surface area contributed by atoms with E-state index in [1.807, 2.05) is 6.92 Å². The van der Waals surface area contributed by atoms with Gasteiger partial charge in [-0.15, -0.1) is 5.10 Å². The van der Waals surface area contributed by atoms with Crippen LogP contribution in [0, 0.1) is 0 Å². The minimum absolute atomic E-state index is 0.0977. The Bertz CT molecular complexity index is 486. The molecule has 1 aromatic heterocycles. The molecule has 0 atom stereocenters. The van der Waals surface area contributed by atoms with Crippen molar-refractivity contribution in [3.63, 3.8) is 0 Å². The summed E-state index contributed by atoms with van der Waals surface area (Å²) < 4.78 is 0. The predicted octanol–water partition coefficient (Wildman–Crippen LogP) is 0.196. The molecule has 1 aliphatic rings. The molecule has 1 aliphatic carbocycles. The van der Waals surface area contributed by atoms with Crippen molar-refractivity contribution < 1.29 is 9.59 Å². The number of aromatic nitrogens is 3. The fourth-order valence-corrected chi connectivity index (χ4v) is 2.30. The largest absolute Gasteiger partial charge is 0.352 e. The first-order valence-corrected chi connectivity index (χ1v) is 7.64. The normalized spacial score (nSPS) is 14.1. The molecular formula is C12H19N5O2S. The molecule has 20 heavy (non-hydrogen) atoms. The first kappa shape index (κ1) is 14.8. The van der Waals surface area contributed by atoms with E-state index < -0.39 is 0 Å². The number of hydrogen-bond acceptors (Lipinski definition) is 5. The number of rotatable bonds is 7. The molecule has 0 saturated heterocycles. The molecule has 1 fully saturated rings. The van der Waals surface area contributed by atoms with Crippen molar-refractivity contribution in [1.82, 2.24) is 25.4 Å². The molecule has 0 bridgehead atoms. The lowest BCUT2D eigenvalue weighted by Crippen LogP contribution is -2.39. The Kier molecular flexibility index (Phi) is 4.99. The molecule has 8 heteroatoms. The van der Waals surface area contributed by atoms with Crippen LogP contribution < -0.4 is 5.32 Å². The average Bonchev–Trinajstić information content (AvgIpc) is 3.10. The van der Waals surface area contributed by atoms with Crippen molar-refractivity contribution in [2.45, 2.75) is 37.4 Å². The third-order valence-corrected chi connectivity index (χ3v) is 3.75. The summed E-state index contributed by atoms with van der Waals surface area (Å²) >= 11 is 1.27. The number of hydrogen-bond donors (Lipinski definition) is 2. The van der Waals surface area contributed by atoms with E-state index in [1.165, 1.54) is 16.7 Å². The molecule has 7 nitrogen and oxygen atoms in total. The topological polar surface area (TPSA) is 91.0 Å². The van der Waals surface area contributed by atoms with Crippen LogP contribution >= 0.6 is 11.8 Å². The van der Waals surface area contributed by atoms with Crippen molar-refractivity contribution in [2.24, 2.45) is 0 Å². The van der Waals surface area contributed by atoms with Gasteiger partial charge in [-0.3, -0.25) is 14.7 Å². The second-order valence-electron chi connectivity index (χ2n) is 4.80. The van der Waals surface area contributed by atoms with E-state index in [1.54, 1.807) is 7.05 Å². The van der Waals surface area contributed by atoms with E-state index in [9.17, 15) is 9.59 Å². The summed E-state index contributed by atoms with van der Waals surface area (Å²) in [5.74, 6) is 0.828. The quantitative estimate of drug-likeness (QED) is 0.701. The number of thioether (sulfide) groups is 1. The summed E-state index contributed by atoms with van der Waals surface area (Å²) in [6.45, 7) is 2.08. The standard InChI is InChI=1S/C12H19N5O2S/c1-3-9-14-12(16-15-9)20-7-11(19)17(2)6-10(18)13-8-4-5-8/h8H,3-7H2,1-2H3,(H,13,18)(H,14,15,16). The Balaban J connectivity index is 1.71. The van der Waals surface area contributed by atoms with Crippen LogP contribution in [-0.4, -0.2) is 57.3 Å². The van der Waals surface area contributed by atoms with Gasteiger partial charge in [0.05, 0.1) is 12.3 Å². The Morgan fingerprint density at radius 2 is 2.25 bits per heavy atom. The fourth-order valence-electron chi connectivity index (χ4n) is 1.54. The Morgan fingerprint density at radius 1 is 1.50 bits per heavy atom. The van der Waals surface area contributed by atoms with Gasteiger partial charge in [0.1, 0.15) is 5.82 Å². The number of carbonyl (C=O) groups is 2. The molecule has 1 saturated carbocycles. The third-order valence-electron chi connectivity index (χ3n) is 2.92. The van der Waals surface area contributed by atoms with Crippen LogP contribution in [0.25, 0.3) is 0 Å². The lowest BCUT2D eigenvalue weighted by atomic mass is 10.5. The van der Waals surface area contributed by atoms with Gasteiger partial charge in [-0.2, -0.15) is 0 Å². The first-order chi connectivity index (χ1) is 9.58. The van der Waals surface area contributed by atoms with Crippen LogP contribution in [0.3, 0.4) is 0 Å². The summed E-state index contributed by atoms with van der Waals surface area (Å²) in [6, 6.07) is 0.320. The Hall–Kier alpha value is -1.57. The lowest BCUT2D eigenvalue weighted by Gasteiger charge is -2.16. The minimum Gasteiger partial charge on any atom is -0.352 e. The molecule has 110 valence electrons. The van der Waals surface area contributed by atoms with Gasteiger partial charge in [-0.05, 0) is 12.8 Å². The molecular weight excluding hydrogens is 278 g/mol. The highest BCUT2D eigenvalue weighted by Gasteiger charge is 2.24. The number of nitrogens with one attached hydrogen (secondary N) is 2. The van der Waals surface area contributed by atoms with Crippen molar-refractivity contribution >= 4 is 23.6 Å². The van der Waals surface area contributed by atoms with Crippen LogP contribution in [0.1, 0.15) is 25.6 Å². The summed E-state index contributed by atoms with van der Waals surface area (Å²) in [6.07, 6.45) is 2.87. The molecule has 1 heterocycles. The van der Waals surface area contributed by atoms with Crippen molar-refractivity contribution in [2.75, 3.05) is 19.3 Å². The smallest absolute Gasteiger partial charge is 0.239 e. The third kappa shape index (κ3) is 4.52. The molecule has 2 rings (SSSR count). The van der Waals surface area contributed by atoms with Gasteiger partial charge in [-0.25, -0.2) is 4.98 Å². The number of likely N-dealkylation sites (N-methyl/N-ethyl adjacent to an activating group) is 1. The maximum Gasteiger partial charge on any atom is 0.239 e. The zero-order valence-electron chi connectivity index (χ0n) is 11.7. The van der Waals surface area contributed by atoms with Gasteiger partial charge in [0.2, 0.25) is 17.0 Å². The SMILES string of the molecule is CCc1nc(SCC(=O)N(C)CC(=O)NC2CC2)n[nH]1. The maximum atomic E-state index is 11.9. The summed E-state index contributed by atoms with van der Waals surface area (Å²) in [7, 11) is 1.63. The Morgan fingerprint density at radius 3 is 2.85 bits per heavy atom. The first-order valence-electron chi connectivity index (χ1n) is 6.66. The molecule has 0 radical (unpaired) electrons. The van der Waals surface area contributed by atoms with E-state index >= 15 is 0 Å². The van der Waals surface area contributed by atoms with Gasteiger partial charge in [0.15, 0.2) is 0 Å². The van der Waals surface area contributed by atoms with E-state index in [0.717, 1.165) is 25.1 Å². The van der Waals surface area contributed by atoms with Gasteiger partial charge in [-0.1, -0.05) is 18.7 Å².